The number of nitrogens with one attached hydrogen (secondary N) is 1. The Bertz CT molecular complexity index is 752. The molecule has 2 rings (SSSR count). The van der Waals surface area contributed by atoms with Crippen molar-refractivity contribution in [3.05, 3.63) is 59.7 Å². The lowest BCUT2D eigenvalue weighted by atomic mass is 10.1. The molecule has 2 aromatic carbocycles. The number of anilines is 1. The number of carbonyl (C=O) groups is 2. The van der Waals surface area contributed by atoms with Crippen molar-refractivity contribution in [3.63, 3.8) is 0 Å². The van der Waals surface area contributed by atoms with Gasteiger partial charge in [-0.25, -0.2) is 0 Å². The predicted molar refractivity (Wildman–Crippen MR) is 104 cm³/mol. The summed E-state index contributed by atoms with van der Waals surface area (Å²) in [6.45, 7) is 4.96. The van der Waals surface area contributed by atoms with Crippen molar-refractivity contribution in [2.45, 2.75) is 20.3 Å². The maximum atomic E-state index is 12.4. The Morgan fingerprint density at radius 2 is 1.73 bits per heavy atom. The topological polar surface area (TPSA) is 58.6 Å². The predicted octanol–water partition coefficient (Wildman–Crippen LogP) is 4.07. The first kappa shape index (κ1) is 19.5. The summed E-state index contributed by atoms with van der Waals surface area (Å²) in [5.41, 5.74) is 1.65. The summed E-state index contributed by atoms with van der Waals surface area (Å²) < 4.78 is 5.66. The van der Waals surface area contributed by atoms with Crippen LogP contribution in [-0.2, 0) is 0 Å². The summed E-state index contributed by atoms with van der Waals surface area (Å²) in [4.78, 5) is 25.9. The highest BCUT2D eigenvalue weighted by Crippen LogP contribution is 2.16. The number of carbonyl (C=O) groups excluding carboxylic acids is 2. The van der Waals surface area contributed by atoms with E-state index in [0.717, 1.165) is 12.2 Å². The number of ether oxygens (including phenoxy) is 1. The van der Waals surface area contributed by atoms with Gasteiger partial charge >= 0.3 is 0 Å². The lowest BCUT2D eigenvalue weighted by Gasteiger charge is -2.12. The van der Waals surface area contributed by atoms with Crippen LogP contribution < -0.4 is 10.1 Å². The van der Waals surface area contributed by atoms with Crippen LogP contribution in [0, 0.1) is 5.92 Å². The van der Waals surface area contributed by atoms with Gasteiger partial charge < -0.3 is 15.0 Å². The van der Waals surface area contributed by atoms with Crippen LogP contribution in [0.3, 0.4) is 0 Å². The Morgan fingerprint density at radius 3 is 2.35 bits per heavy atom. The molecule has 0 heterocycles. The minimum Gasteiger partial charge on any atom is -0.494 e. The molecule has 0 aromatic heterocycles. The van der Waals surface area contributed by atoms with Gasteiger partial charge in [0.05, 0.1) is 6.61 Å². The van der Waals surface area contributed by atoms with Crippen LogP contribution in [0.25, 0.3) is 0 Å². The fourth-order valence-corrected chi connectivity index (χ4v) is 2.31. The second kappa shape index (κ2) is 9.04. The molecule has 0 saturated heterocycles. The van der Waals surface area contributed by atoms with E-state index in [9.17, 15) is 9.59 Å². The van der Waals surface area contributed by atoms with E-state index in [1.54, 1.807) is 62.6 Å². The summed E-state index contributed by atoms with van der Waals surface area (Å²) in [5.74, 6) is 1.01. The van der Waals surface area contributed by atoms with E-state index in [1.807, 2.05) is 0 Å². The van der Waals surface area contributed by atoms with Crippen molar-refractivity contribution in [1.29, 1.82) is 0 Å². The molecule has 26 heavy (non-hydrogen) atoms. The zero-order valence-corrected chi connectivity index (χ0v) is 15.8. The molecule has 5 nitrogen and oxygen atoms in total. The molecule has 0 aliphatic rings. The summed E-state index contributed by atoms with van der Waals surface area (Å²) in [5, 5.41) is 2.82. The van der Waals surface area contributed by atoms with Gasteiger partial charge in [-0.1, -0.05) is 19.9 Å². The number of rotatable bonds is 7. The van der Waals surface area contributed by atoms with Gasteiger partial charge in [-0.2, -0.15) is 0 Å². The molecule has 0 unspecified atom stereocenters. The van der Waals surface area contributed by atoms with Crippen LogP contribution in [0.4, 0.5) is 5.69 Å². The first-order valence-corrected chi connectivity index (χ1v) is 8.72. The molecule has 0 radical (unpaired) electrons. The van der Waals surface area contributed by atoms with E-state index >= 15 is 0 Å². The van der Waals surface area contributed by atoms with Crippen molar-refractivity contribution in [1.82, 2.24) is 4.90 Å². The Morgan fingerprint density at radius 1 is 1.04 bits per heavy atom. The van der Waals surface area contributed by atoms with Crippen molar-refractivity contribution in [2.24, 2.45) is 5.92 Å². The van der Waals surface area contributed by atoms with Crippen LogP contribution in [0.5, 0.6) is 5.75 Å². The minimum atomic E-state index is -0.229. The number of hydrogen-bond acceptors (Lipinski definition) is 3. The van der Waals surface area contributed by atoms with E-state index in [0.29, 0.717) is 29.3 Å². The second-order valence-electron chi connectivity index (χ2n) is 6.79. The van der Waals surface area contributed by atoms with Gasteiger partial charge in [-0.3, -0.25) is 9.59 Å². The zero-order valence-electron chi connectivity index (χ0n) is 15.8. The van der Waals surface area contributed by atoms with Gasteiger partial charge in [-0.15, -0.1) is 0 Å². The number of amides is 2. The van der Waals surface area contributed by atoms with E-state index in [4.69, 9.17) is 4.74 Å². The zero-order chi connectivity index (χ0) is 19.1. The molecule has 0 aliphatic carbocycles. The van der Waals surface area contributed by atoms with E-state index in [2.05, 4.69) is 19.2 Å². The van der Waals surface area contributed by atoms with Crippen molar-refractivity contribution in [3.8, 4) is 5.75 Å². The van der Waals surface area contributed by atoms with Gasteiger partial charge in [-0.05, 0) is 54.8 Å². The Labute approximate surface area is 155 Å². The highest BCUT2D eigenvalue weighted by Gasteiger charge is 2.11. The van der Waals surface area contributed by atoms with Crippen molar-refractivity contribution < 1.29 is 14.3 Å². The van der Waals surface area contributed by atoms with Gasteiger partial charge in [0.2, 0.25) is 0 Å². The van der Waals surface area contributed by atoms with E-state index < -0.39 is 0 Å². The monoisotopic (exact) mass is 354 g/mol. The fraction of sp³-hybridized carbons (Fsp3) is 0.333. The van der Waals surface area contributed by atoms with Gasteiger partial charge in [0.15, 0.2) is 0 Å². The smallest absolute Gasteiger partial charge is 0.255 e. The van der Waals surface area contributed by atoms with Crippen LogP contribution in [-0.4, -0.2) is 37.4 Å². The Hall–Kier alpha value is -2.82. The normalized spacial score (nSPS) is 10.5. The molecule has 0 fully saturated rings. The number of nitrogens with zero attached hydrogens (tertiary/aromatic N) is 1. The SMILES string of the molecule is CC(C)CCOc1ccc(C(=O)Nc2cccc(C(=O)N(C)C)c2)cc1. The lowest BCUT2D eigenvalue weighted by molar-refractivity contribution is 0.0827. The summed E-state index contributed by atoms with van der Waals surface area (Å²) >= 11 is 0. The van der Waals surface area contributed by atoms with Gasteiger partial charge in [0, 0.05) is 30.9 Å². The second-order valence-corrected chi connectivity index (χ2v) is 6.79. The largest absolute Gasteiger partial charge is 0.494 e. The molecule has 0 spiro atoms. The molecule has 5 heteroatoms. The first-order chi connectivity index (χ1) is 12.4. The molecule has 0 saturated carbocycles. The Kier molecular flexibility index (Phi) is 6.78. The summed E-state index contributed by atoms with van der Waals surface area (Å²) in [6, 6.07) is 13.9. The third kappa shape index (κ3) is 5.62. The van der Waals surface area contributed by atoms with Crippen LogP contribution in [0.2, 0.25) is 0 Å². The first-order valence-electron chi connectivity index (χ1n) is 8.72. The molecular formula is C21H26N2O3. The van der Waals surface area contributed by atoms with E-state index in [1.165, 1.54) is 4.90 Å². The molecule has 0 atom stereocenters. The molecule has 0 bridgehead atoms. The highest BCUT2D eigenvalue weighted by molar-refractivity contribution is 6.05. The average molecular weight is 354 g/mol. The molecule has 1 N–H and O–H groups in total. The summed E-state index contributed by atoms with van der Waals surface area (Å²) in [6.07, 6.45) is 0.990. The highest BCUT2D eigenvalue weighted by atomic mass is 16.5. The average Bonchev–Trinajstić information content (AvgIpc) is 2.61. The molecule has 138 valence electrons. The molecule has 0 aliphatic heterocycles. The van der Waals surface area contributed by atoms with Crippen LogP contribution >= 0.6 is 0 Å². The number of benzene rings is 2. The summed E-state index contributed by atoms with van der Waals surface area (Å²) in [7, 11) is 3.39. The maximum Gasteiger partial charge on any atom is 0.255 e. The quantitative estimate of drug-likeness (QED) is 0.815. The third-order valence-electron chi connectivity index (χ3n) is 3.85. The van der Waals surface area contributed by atoms with Crippen molar-refractivity contribution in [2.75, 3.05) is 26.0 Å². The molecule has 2 aromatic rings. The van der Waals surface area contributed by atoms with Crippen molar-refractivity contribution >= 4 is 17.5 Å². The fourth-order valence-electron chi connectivity index (χ4n) is 2.31. The van der Waals surface area contributed by atoms with E-state index in [-0.39, 0.29) is 11.8 Å². The van der Waals surface area contributed by atoms with Crippen LogP contribution in [0.1, 0.15) is 41.0 Å². The van der Waals surface area contributed by atoms with Crippen LogP contribution in [0.15, 0.2) is 48.5 Å². The molecular weight excluding hydrogens is 328 g/mol. The van der Waals surface area contributed by atoms with Gasteiger partial charge in [0.25, 0.3) is 11.8 Å². The lowest BCUT2D eigenvalue weighted by Crippen LogP contribution is -2.21. The Balaban J connectivity index is 1.99. The molecule has 2 amide bonds. The van der Waals surface area contributed by atoms with Gasteiger partial charge in [0.1, 0.15) is 5.75 Å². The third-order valence-corrected chi connectivity index (χ3v) is 3.85. The minimum absolute atomic E-state index is 0.107. The standard InChI is InChI=1S/C21H26N2O3/c1-15(2)12-13-26-19-10-8-16(9-11-19)20(24)22-18-7-5-6-17(14-18)21(25)23(3)4/h5-11,14-15H,12-13H2,1-4H3,(H,22,24). The number of hydrogen-bond donors (Lipinski definition) is 1. The maximum absolute atomic E-state index is 12.4.